The Morgan fingerprint density at radius 2 is 1.74 bits per heavy atom. The van der Waals surface area contributed by atoms with Gasteiger partial charge in [0.2, 0.25) is 5.91 Å². The van der Waals surface area contributed by atoms with Gasteiger partial charge in [-0.15, -0.1) is 0 Å². The molecule has 0 aromatic heterocycles. The van der Waals surface area contributed by atoms with Gasteiger partial charge in [0.15, 0.2) is 0 Å². The fourth-order valence-corrected chi connectivity index (χ4v) is 2.97. The summed E-state index contributed by atoms with van der Waals surface area (Å²) in [6.45, 7) is 6.07. The number of aliphatic carboxylic acids is 1. The summed E-state index contributed by atoms with van der Waals surface area (Å²) in [4.78, 5) is 23.8. The van der Waals surface area contributed by atoms with E-state index in [1.54, 1.807) is 0 Å². The van der Waals surface area contributed by atoms with E-state index in [-0.39, 0.29) is 11.8 Å². The smallest absolute Gasteiger partial charge is 0.329 e. The Kier molecular flexibility index (Phi) is 5.83. The van der Waals surface area contributed by atoms with Crippen LogP contribution in [0.15, 0.2) is 0 Å². The minimum atomic E-state index is -1.02. The fraction of sp³-hybridized carbons (Fsp3) is 0.867. The summed E-state index contributed by atoms with van der Waals surface area (Å²) in [5, 5.41) is 12.3. The summed E-state index contributed by atoms with van der Waals surface area (Å²) >= 11 is 0. The molecule has 0 bridgehead atoms. The number of rotatable bonds is 6. The molecule has 2 N–H and O–H groups in total. The summed E-state index contributed by atoms with van der Waals surface area (Å²) < 4.78 is 0. The van der Waals surface area contributed by atoms with Gasteiger partial charge < -0.3 is 10.4 Å². The van der Waals surface area contributed by atoms with Crippen LogP contribution in [0.4, 0.5) is 0 Å². The molecule has 0 radical (unpaired) electrons. The summed E-state index contributed by atoms with van der Waals surface area (Å²) in [5.74, 6) is -0.429. The number of nitrogens with one attached hydrogen (secondary N) is 1. The second kappa shape index (κ2) is 6.92. The quantitative estimate of drug-likeness (QED) is 0.779. The minimum absolute atomic E-state index is 0.0693. The van der Waals surface area contributed by atoms with Gasteiger partial charge in [-0.05, 0) is 44.4 Å². The highest BCUT2D eigenvalue weighted by atomic mass is 16.4. The largest absolute Gasteiger partial charge is 0.480 e. The third kappa shape index (κ3) is 3.71. The van der Waals surface area contributed by atoms with Crippen molar-refractivity contribution in [1.82, 2.24) is 5.32 Å². The van der Waals surface area contributed by atoms with E-state index < -0.39 is 11.5 Å². The molecular formula is C15H27NO3. The molecule has 1 fully saturated rings. The van der Waals surface area contributed by atoms with Crippen molar-refractivity contribution >= 4 is 11.9 Å². The molecule has 4 nitrogen and oxygen atoms in total. The molecule has 0 aliphatic heterocycles. The third-order valence-electron chi connectivity index (χ3n) is 4.66. The van der Waals surface area contributed by atoms with Crippen molar-refractivity contribution in [1.29, 1.82) is 0 Å². The normalized spacial score (nSPS) is 27.3. The van der Waals surface area contributed by atoms with Crippen LogP contribution in [0.3, 0.4) is 0 Å². The van der Waals surface area contributed by atoms with Crippen molar-refractivity contribution in [3.8, 4) is 0 Å². The first kappa shape index (κ1) is 16.0. The highest BCUT2D eigenvalue weighted by Crippen LogP contribution is 2.34. The maximum Gasteiger partial charge on any atom is 0.329 e. The molecule has 0 heterocycles. The Labute approximate surface area is 116 Å². The van der Waals surface area contributed by atoms with E-state index in [2.05, 4.69) is 12.2 Å². The van der Waals surface area contributed by atoms with E-state index in [4.69, 9.17) is 0 Å². The van der Waals surface area contributed by atoms with Crippen LogP contribution < -0.4 is 5.32 Å². The zero-order chi connectivity index (χ0) is 14.5. The zero-order valence-corrected chi connectivity index (χ0v) is 12.4. The van der Waals surface area contributed by atoms with Gasteiger partial charge in [-0.2, -0.15) is 0 Å². The number of carbonyl (C=O) groups is 2. The van der Waals surface area contributed by atoms with Gasteiger partial charge in [-0.3, -0.25) is 4.79 Å². The highest BCUT2D eigenvalue weighted by Gasteiger charge is 2.43. The monoisotopic (exact) mass is 269 g/mol. The van der Waals surface area contributed by atoms with Gasteiger partial charge in [-0.1, -0.05) is 27.2 Å². The Balaban J connectivity index is 2.74. The van der Waals surface area contributed by atoms with Crippen LogP contribution in [0, 0.1) is 11.8 Å². The maximum atomic E-state index is 12.2. The van der Waals surface area contributed by atoms with Crippen LogP contribution in [0.25, 0.3) is 0 Å². The van der Waals surface area contributed by atoms with E-state index in [9.17, 15) is 14.7 Å². The molecule has 1 rings (SSSR count). The first-order valence-corrected chi connectivity index (χ1v) is 7.54. The van der Waals surface area contributed by atoms with Crippen LogP contribution >= 0.6 is 0 Å². The summed E-state index contributed by atoms with van der Waals surface area (Å²) in [6, 6.07) is 0. The fourth-order valence-electron chi connectivity index (χ4n) is 2.97. The summed E-state index contributed by atoms with van der Waals surface area (Å²) in [5.41, 5.74) is -1.02. The van der Waals surface area contributed by atoms with Gasteiger partial charge in [0.05, 0.1) is 0 Å². The van der Waals surface area contributed by atoms with Crippen molar-refractivity contribution in [3.05, 3.63) is 0 Å². The predicted octanol–water partition coefficient (Wildman–Crippen LogP) is 2.96. The van der Waals surface area contributed by atoms with Gasteiger partial charge in [0.1, 0.15) is 5.54 Å². The van der Waals surface area contributed by atoms with E-state index >= 15 is 0 Å². The SMILES string of the molecule is CCC1CCC(NC(=O)C(CC)CC)(C(=O)O)CC1. The molecule has 0 saturated heterocycles. The van der Waals surface area contributed by atoms with Crippen molar-refractivity contribution in [3.63, 3.8) is 0 Å². The first-order chi connectivity index (χ1) is 8.99. The Morgan fingerprint density at radius 1 is 1.21 bits per heavy atom. The van der Waals surface area contributed by atoms with E-state index in [0.29, 0.717) is 18.8 Å². The number of carbonyl (C=O) groups excluding carboxylic acids is 1. The standard InChI is InChI=1S/C15H27NO3/c1-4-11-7-9-15(10-8-11,14(18)19)16-13(17)12(5-2)6-3/h11-12H,4-10H2,1-3H3,(H,16,17)(H,18,19). The lowest BCUT2D eigenvalue weighted by Gasteiger charge is -2.38. The minimum Gasteiger partial charge on any atom is -0.480 e. The van der Waals surface area contributed by atoms with Gasteiger partial charge in [0.25, 0.3) is 0 Å². The second-order valence-corrected chi connectivity index (χ2v) is 5.74. The maximum absolute atomic E-state index is 12.2. The van der Waals surface area contributed by atoms with Crippen LogP contribution in [-0.2, 0) is 9.59 Å². The van der Waals surface area contributed by atoms with Crippen LogP contribution in [-0.4, -0.2) is 22.5 Å². The molecular weight excluding hydrogens is 242 g/mol. The highest BCUT2D eigenvalue weighted by molar-refractivity contribution is 5.88. The van der Waals surface area contributed by atoms with Crippen LogP contribution in [0.1, 0.15) is 65.7 Å². The van der Waals surface area contributed by atoms with Crippen molar-refractivity contribution < 1.29 is 14.7 Å². The van der Waals surface area contributed by atoms with Crippen LogP contribution in [0.5, 0.6) is 0 Å². The Morgan fingerprint density at radius 3 is 2.11 bits per heavy atom. The molecule has 1 aliphatic carbocycles. The lowest BCUT2D eigenvalue weighted by atomic mass is 9.75. The molecule has 1 aliphatic rings. The summed E-state index contributed by atoms with van der Waals surface area (Å²) in [6.07, 6.45) is 5.53. The predicted molar refractivity (Wildman–Crippen MR) is 74.8 cm³/mol. The molecule has 110 valence electrons. The van der Waals surface area contributed by atoms with Gasteiger partial charge in [-0.25, -0.2) is 4.79 Å². The molecule has 0 spiro atoms. The van der Waals surface area contributed by atoms with E-state index in [1.165, 1.54) is 0 Å². The molecule has 0 atom stereocenters. The number of hydrogen-bond acceptors (Lipinski definition) is 2. The first-order valence-electron chi connectivity index (χ1n) is 7.54. The van der Waals surface area contributed by atoms with Crippen molar-refractivity contribution in [2.24, 2.45) is 11.8 Å². The lowest BCUT2D eigenvalue weighted by Crippen LogP contribution is -2.57. The second-order valence-electron chi connectivity index (χ2n) is 5.74. The molecule has 0 aromatic carbocycles. The van der Waals surface area contributed by atoms with Crippen LogP contribution in [0.2, 0.25) is 0 Å². The Bertz CT molecular complexity index is 315. The molecule has 19 heavy (non-hydrogen) atoms. The number of amides is 1. The van der Waals surface area contributed by atoms with Crippen molar-refractivity contribution in [2.45, 2.75) is 71.3 Å². The van der Waals surface area contributed by atoms with E-state index in [0.717, 1.165) is 32.1 Å². The number of carboxylic acids is 1. The van der Waals surface area contributed by atoms with E-state index in [1.807, 2.05) is 13.8 Å². The van der Waals surface area contributed by atoms with Gasteiger partial charge in [0, 0.05) is 5.92 Å². The van der Waals surface area contributed by atoms with Gasteiger partial charge >= 0.3 is 5.97 Å². The molecule has 0 aromatic rings. The molecule has 1 amide bonds. The molecule has 1 saturated carbocycles. The number of hydrogen-bond donors (Lipinski definition) is 2. The zero-order valence-electron chi connectivity index (χ0n) is 12.4. The summed E-state index contributed by atoms with van der Waals surface area (Å²) in [7, 11) is 0. The Hall–Kier alpha value is -1.06. The average molecular weight is 269 g/mol. The number of carboxylic acid groups (broad SMARTS) is 1. The van der Waals surface area contributed by atoms with Crippen molar-refractivity contribution in [2.75, 3.05) is 0 Å². The lowest BCUT2D eigenvalue weighted by molar-refractivity contribution is -0.150. The average Bonchev–Trinajstić information content (AvgIpc) is 2.40. The molecule has 0 unspecified atom stereocenters. The third-order valence-corrected chi connectivity index (χ3v) is 4.66. The molecule has 4 heteroatoms. The topological polar surface area (TPSA) is 66.4 Å².